The van der Waals surface area contributed by atoms with Crippen LogP contribution in [0.4, 0.5) is 0 Å². The number of hydrogen-bond donors (Lipinski definition) is 1. The normalized spacial score (nSPS) is 23.1. The van der Waals surface area contributed by atoms with Crippen molar-refractivity contribution in [3.63, 3.8) is 0 Å². The molecule has 0 radical (unpaired) electrons. The maximum Gasteiger partial charge on any atom is 0.214 e. The molecule has 2 atom stereocenters. The van der Waals surface area contributed by atoms with Gasteiger partial charge < -0.3 is 14.6 Å². The summed E-state index contributed by atoms with van der Waals surface area (Å²) in [6, 6.07) is 11.6. The first-order valence-corrected chi connectivity index (χ1v) is 10.8. The van der Waals surface area contributed by atoms with E-state index in [0.29, 0.717) is 18.5 Å². The number of likely N-dealkylation sites (tertiary alicyclic amines) is 2. The number of piperidine rings is 2. The molecule has 0 aliphatic carbocycles. The molecule has 3 heterocycles. The lowest BCUT2D eigenvalue weighted by atomic mass is 9.83. The molecule has 1 N–H and O–H groups in total. The van der Waals surface area contributed by atoms with Crippen molar-refractivity contribution < 1.29 is 4.42 Å². The van der Waals surface area contributed by atoms with Crippen molar-refractivity contribution in [2.75, 3.05) is 26.7 Å². The van der Waals surface area contributed by atoms with Crippen LogP contribution in [0, 0.1) is 19.8 Å². The number of fused-ring (bicyclic) bond motifs is 1. The SMILES string of the molecule is CN=C(NCc1nc(C)c(C)o1)N1CCC2C(CCCN2Cc2ccccc2)C1. The van der Waals surface area contributed by atoms with Crippen molar-refractivity contribution in [1.29, 1.82) is 0 Å². The summed E-state index contributed by atoms with van der Waals surface area (Å²) in [6.07, 6.45) is 3.78. The standard InChI is InChI=1S/C23H33N5O/c1-17-18(2)29-22(26-17)14-25-23(24-3)28-13-11-21-20(16-28)10-7-12-27(21)15-19-8-5-4-6-9-19/h4-6,8-9,20-21H,7,10-16H2,1-3H3,(H,24,25). The molecular formula is C23H33N5O. The first kappa shape index (κ1) is 20.0. The lowest BCUT2D eigenvalue weighted by Crippen LogP contribution is -2.56. The zero-order chi connectivity index (χ0) is 20.2. The molecule has 0 spiro atoms. The molecule has 2 saturated heterocycles. The topological polar surface area (TPSA) is 56.9 Å². The highest BCUT2D eigenvalue weighted by atomic mass is 16.4. The Morgan fingerprint density at radius 2 is 2.03 bits per heavy atom. The fraction of sp³-hybridized carbons (Fsp3) is 0.565. The molecule has 2 aliphatic heterocycles. The van der Waals surface area contributed by atoms with Gasteiger partial charge in [0.15, 0.2) is 5.96 Å². The van der Waals surface area contributed by atoms with Gasteiger partial charge in [0.2, 0.25) is 5.89 Å². The molecule has 1 aromatic heterocycles. The summed E-state index contributed by atoms with van der Waals surface area (Å²) in [5, 5.41) is 3.45. The van der Waals surface area contributed by atoms with E-state index in [2.05, 4.69) is 55.4 Å². The Balaban J connectivity index is 1.35. The van der Waals surface area contributed by atoms with Crippen molar-refractivity contribution in [2.45, 2.75) is 52.2 Å². The van der Waals surface area contributed by atoms with E-state index in [1.807, 2.05) is 20.9 Å². The lowest BCUT2D eigenvalue weighted by Gasteiger charge is -2.48. The number of aryl methyl sites for hydroxylation is 2. The Bertz CT molecular complexity index is 812. The van der Waals surface area contributed by atoms with E-state index in [-0.39, 0.29) is 0 Å². The largest absolute Gasteiger partial charge is 0.444 e. The van der Waals surface area contributed by atoms with Gasteiger partial charge in [0, 0.05) is 32.7 Å². The summed E-state index contributed by atoms with van der Waals surface area (Å²) in [6.45, 7) is 8.90. The Hall–Kier alpha value is -2.34. The zero-order valence-electron chi connectivity index (χ0n) is 17.9. The molecule has 2 aliphatic rings. The summed E-state index contributed by atoms with van der Waals surface area (Å²) in [7, 11) is 1.86. The van der Waals surface area contributed by atoms with Crippen molar-refractivity contribution in [1.82, 2.24) is 20.1 Å². The number of nitrogens with zero attached hydrogens (tertiary/aromatic N) is 4. The highest BCUT2D eigenvalue weighted by molar-refractivity contribution is 5.79. The minimum absolute atomic E-state index is 0.575. The quantitative estimate of drug-likeness (QED) is 0.636. The molecule has 2 fully saturated rings. The molecule has 2 unspecified atom stereocenters. The highest BCUT2D eigenvalue weighted by Crippen LogP contribution is 2.31. The Kier molecular flexibility index (Phi) is 6.19. The second kappa shape index (κ2) is 8.99. The molecule has 0 bridgehead atoms. The Morgan fingerprint density at radius 3 is 2.76 bits per heavy atom. The molecule has 6 nitrogen and oxygen atoms in total. The van der Waals surface area contributed by atoms with Crippen LogP contribution in [0.2, 0.25) is 0 Å². The van der Waals surface area contributed by atoms with Gasteiger partial charge in [-0.2, -0.15) is 0 Å². The van der Waals surface area contributed by atoms with E-state index < -0.39 is 0 Å². The molecule has 1 aromatic carbocycles. The van der Waals surface area contributed by atoms with E-state index in [1.165, 1.54) is 31.4 Å². The van der Waals surface area contributed by atoms with Crippen molar-refractivity contribution >= 4 is 5.96 Å². The summed E-state index contributed by atoms with van der Waals surface area (Å²) < 4.78 is 5.70. The van der Waals surface area contributed by atoms with Crippen LogP contribution in [0.25, 0.3) is 0 Å². The molecular weight excluding hydrogens is 362 g/mol. The van der Waals surface area contributed by atoms with Gasteiger partial charge in [0.1, 0.15) is 5.76 Å². The van der Waals surface area contributed by atoms with Gasteiger partial charge in [-0.1, -0.05) is 30.3 Å². The maximum atomic E-state index is 5.70. The molecule has 29 heavy (non-hydrogen) atoms. The molecule has 0 saturated carbocycles. The van der Waals surface area contributed by atoms with Crippen molar-refractivity contribution in [3.05, 3.63) is 53.2 Å². The molecule has 2 aromatic rings. The van der Waals surface area contributed by atoms with Crippen LogP contribution in [-0.2, 0) is 13.1 Å². The first-order valence-electron chi connectivity index (χ1n) is 10.8. The number of guanidine groups is 1. The lowest BCUT2D eigenvalue weighted by molar-refractivity contribution is 0.0372. The van der Waals surface area contributed by atoms with E-state index in [0.717, 1.165) is 42.9 Å². The third-order valence-electron chi connectivity index (χ3n) is 6.39. The van der Waals surface area contributed by atoms with E-state index in [1.54, 1.807) is 0 Å². The van der Waals surface area contributed by atoms with Crippen LogP contribution in [0.5, 0.6) is 0 Å². The van der Waals surface area contributed by atoms with E-state index >= 15 is 0 Å². The molecule has 6 heteroatoms. The maximum absolute atomic E-state index is 5.70. The van der Waals surface area contributed by atoms with Gasteiger partial charge in [0.05, 0.1) is 12.2 Å². The Morgan fingerprint density at radius 1 is 1.21 bits per heavy atom. The molecule has 0 amide bonds. The third-order valence-corrected chi connectivity index (χ3v) is 6.39. The van der Waals surface area contributed by atoms with Crippen molar-refractivity contribution in [2.24, 2.45) is 10.9 Å². The number of hydrogen-bond acceptors (Lipinski definition) is 4. The first-order chi connectivity index (χ1) is 14.1. The van der Waals surface area contributed by atoms with Crippen molar-refractivity contribution in [3.8, 4) is 0 Å². The highest BCUT2D eigenvalue weighted by Gasteiger charge is 2.36. The fourth-order valence-corrected chi connectivity index (χ4v) is 4.81. The van der Waals surface area contributed by atoms with Gasteiger partial charge >= 0.3 is 0 Å². The Labute approximate surface area is 174 Å². The number of benzene rings is 1. The average molecular weight is 396 g/mol. The smallest absolute Gasteiger partial charge is 0.214 e. The van der Waals surface area contributed by atoms with Crippen LogP contribution in [0.1, 0.15) is 42.2 Å². The minimum Gasteiger partial charge on any atom is -0.444 e. The summed E-state index contributed by atoms with van der Waals surface area (Å²) in [5.74, 6) is 3.27. The fourth-order valence-electron chi connectivity index (χ4n) is 4.81. The predicted molar refractivity (Wildman–Crippen MR) is 116 cm³/mol. The molecule has 156 valence electrons. The predicted octanol–water partition coefficient (Wildman–Crippen LogP) is 3.35. The van der Waals surface area contributed by atoms with Crippen LogP contribution in [0.15, 0.2) is 39.7 Å². The van der Waals surface area contributed by atoms with Gasteiger partial charge in [-0.25, -0.2) is 4.98 Å². The van der Waals surface area contributed by atoms with Crippen LogP contribution in [-0.4, -0.2) is 53.5 Å². The van der Waals surface area contributed by atoms with Crippen LogP contribution < -0.4 is 5.32 Å². The number of aliphatic imine (C=N–C) groups is 1. The summed E-state index contributed by atoms with van der Waals surface area (Å²) in [4.78, 5) is 14.1. The van der Waals surface area contributed by atoms with E-state index in [9.17, 15) is 0 Å². The second-order valence-corrected chi connectivity index (χ2v) is 8.31. The number of aromatic nitrogens is 1. The number of oxazole rings is 1. The van der Waals surface area contributed by atoms with Crippen LogP contribution in [0.3, 0.4) is 0 Å². The van der Waals surface area contributed by atoms with Gasteiger partial charge in [-0.05, 0) is 51.1 Å². The zero-order valence-corrected chi connectivity index (χ0v) is 17.9. The van der Waals surface area contributed by atoms with Gasteiger partial charge in [-0.15, -0.1) is 0 Å². The van der Waals surface area contributed by atoms with Gasteiger partial charge in [-0.3, -0.25) is 9.89 Å². The number of nitrogens with one attached hydrogen (secondary N) is 1. The second-order valence-electron chi connectivity index (χ2n) is 8.31. The van der Waals surface area contributed by atoms with E-state index in [4.69, 9.17) is 4.42 Å². The molecule has 4 rings (SSSR count). The van der Waals surface area contributed by atoms with Crippen LogP contribution >= 0.6 is 0 Å². The minimum atomic E-state index is 0.575. The average Bonchev–Trinajstić information content (AvgIpc) is 3.06. The third kappa shape index (κ3) is 4.64. The number of rotatable bonds is 4. The summed E-state index contributed by atoms with van der Waals surface area (Å²) >= 11 is 0. The van der Waals surface area contributed by atoms with Gasteiger partial charge in [0.25, 0.3) is 0 Å². The summed E-state index contributed by atoms with van der Waals surface area (Å²) in [5.41, 5.74) is 2.38. The monoisotopic (exact) mass is 395 g/mol.